The molecule has 0 saturated carbocycles. The quantitative estimate of drug-likeness (QED) is 0.258. The van der Waals surface area contributed by atoms with Crippen LogP contribution in [-0.2, 0) is 4.79 Å². The summed E-state index contributed by atoms with van der Waals surface area (Å²) < 4.78 is 11.9. The molecule has 0 aliphatic rings. The lowest BCUT2D eigenvalue weighted by atomic mass is 10.0. The van der Waals surface area contributed by atoms with E-state index in [2.05, 4.69) is 29.8 Å². The maximum atomic E-state index is 12.4. The Morgan fingerprint density at radius 3 is 2.21 bits per heavy atom. The molecule has 4 nitrogen and oxygen atoms in total. The van der Waals surface area contributed by atoms with Crippen LogP contribution in [0, 0.1) is 0 Å². The summed E-state index contributed by atoms with van der Waals surface area (Å²) in [6, 6.07) is 21.2. The van der Waals surface area contributed by atoms with Crippen molar-refractivity contribution in [2.75, 3.05) is 6.61 Å². The first-order valence-electron chi connectivity index (χ1n) is 9.27. The Balaban J connectivity index is 1.60. The van der Waals surface area contributed by atoms with Crippen LogP contribution in [0.5, 0.6) is 11.5 Å². The van der Waals surface area contributed by atoms with Crippen molar-refractivity contribution in [1.82, 2.24) is 0 Å². The molecule has 0 spiro atoms. The highest BCUT2D eigenvalue weighted by Gasteiger charge is 2.13. The van der Waals surface area contributed by atoms with Crippen molar-refractivity contribution in [3.8, 4) is 11.5 Å². The number of halogens is 1. The van der Waals surface area contributed by atoms with Crippen molar-refractivity contribution in [3.05, 3.63) is 94.0 Å². The zero-order chi connectivity index (χ0) is 20.8. The molecule has 0 aliphatic heterocycles. The third-order valence-corrected chi connectivity index (χ3v) is 4.82. The normalized spacial score (nSPS) is 10.6. The van der Waals surface area contributed by atoms with E-state index in [4.69, 9.17) is 9.47 Å². The van der Waals surface area contributed by atoms with Crippen LogP contribution < -0.4 is 9.47 Å². The first kappa shape index (κ1) is 20.8. The molecule has 5 heteroatoms. The van der Waals surface area contributed by atoms with Gasteiger partial charge < -0.3 is 9.47 Å². The van der Waals surface area contributed by atoms with Gasteiger partial charge in [-0.1, -0.05) is 60.1 Å². The second-order valence-electron chi connectivity index (χ2n) is 6.82. The Hall–Kier alpha value is -2.92. The number of ketones is 1. The van der Waals surface area contributed by atoms with Crippen molar-refractivity contribution >= 4 is 27.7 Å². The lowest BCUT2D eigenvalue weighted by Gasteiger charge is -2.14. The number of carbonyl (C=O) groups is 2. The van der Waals surface area contributed by atoms with E-state index in [1.165, 1.54) is 0 Å². The highest BCUT2D eigenvalue weighted by atomic mass is 79.9. The summed E-state index contributed by atoms with van der Waals surface area (Å²) in [4.78, 5) is 24.6. The number of hydrogen-bond acceptors (Lipinski definition) is 4. The zero-order valence-electron chi connectivity index (χ0n) is 16.2. The second-order valence-corrected chi connectivity index (χ2v) is 7.73. The summed E-state index contributed by atoms with van der Waals surface area (Å²) in [7, 11) is 0. The van der Waals surface area contributed by atoms with Gasteiger partial charge in [0.05, 0.1) is 0 Å². The average Bonchev–Trinajstić information content (AvgIpc) is 2.73. The molecule has 0 fully saturated rings. The third kappa shape index (κ3) is 5.55. The average molecular weight is 453 g/mol. The summed E-state index contributed by atoms with van der Waals surface area (Å²) in [5.41, 5.74) is 2.15. The van der Waals surface area contributed by atoms with Crippen molar-refractivity contribution in [3.63, 3.8) is 0 Å². The fraction of sp³-hybridized carbons (Fsp3) is 0.167. The van der Waals surface area contributed by atoms with Crippen LogP contribution in [0.15, 0.2) is 77.3 Å². The van der Waals surface area contributed by atoms with Crippen molar-refractivity contribution < 1.29 is 19.1 Å². The molecule has 0 N–H and O–H groups in total. The summed E-state index contributed by atoms with van der Waals surface area (Å²) in [6.07, 6.45) is 0. The molecule has 0 saturated heterocycles. The van der Waals surface area contributed by atoms with Gasteiger partial charge in [-0.25, -0.2) is 4.79 Å². The number of esters is 1. The molecule has 0 unspecified atom stereocenters. The standard InChI is InChI=1S/C24H21BrO4/c1-16(2)21-14-19(25)10-13-22(21)28-15-23(26)29-20-11-8-18(9-12-20)24(27)17-6-4-3-5-7-17/h3-14,16H,15H2,1-2H3. The van der Waals surface area contributed by atoms with Crippen LogP contribution in [0.25, 0.3) is 0 Å². The highest BCUT2D eigenvalue weighted by Crippen LogP contribution is 2.29. The van der Waals surface area contributed by atoms with E-state index in [0.29, 0.717) is 22.6 Å². The Morgan fingerprint density at radius 2 is 1.55 bits per heavy atom. The lowest BCUT2D eigenvalue weighted by Crippen LogP contribution is -2.18. The van der Waals surface area contributed by atoms with Crippen LogP contribution in [-0.4, -0.2) is 18.4 Å². The Bertz CT molecular complexity index is 995. The monoisotopic (exact) mass is 452 g/mol. The van der Waals surface area contributed by atoms with Crippen LogP contribution in [0.3, 0.4) is 0 Å². The zero-order valence-corrected chi connectivity index (χ0v) is 17.8. The fourth-order valence-electron chi connectivity index (χ4n) is 2.83. The summed E-state index contributed by atoms with van der Waals surface area (Å²) in [5, 5.41) is 0. The van der Waals surface area contributed by atoms with E-state index in [-0.39, 0.29) is 18.3 Å². The SMILES string of the molecule is CC(C)c1cc(Br)ccc1OCC(=O)Oc1ccc(C(=O)c2ccccc2)cc1. The third-order valence-electron chi connectivity index (χ3n) is 4.32. The van der Waals surface area contributed by atoms with Crippen molar-refractivity contribution in [2.45, 2.75) is 19.8 Å². The number of hydrogen-bond donors (Lipinski definition) is 0. The largest absolute Gasteiger partial charge is 0.482 e. The Labute approximate surface area is 178 Å². The van der Waals surface area contributed by atoms with Gasteiger partial charge in [0.2, 0.25) is 0 Å². The van der Waals surface area contributed by atoms with Gasteiger partial charge in [-0.15, -0.1) is 0 Å². The molecular weight excluding hydrogens is 432 g/mol. The Kier molecular flexibility index (Phi) is 6.83. The van der Waals surface area contributed by atoms with E-state index in [1.807, 2.05) is 36.4 Å². The summed E-state index contributed by atoms with van der Waals surface area (Å²) in [5.74, 6) is 0.688. The maximum Gasteiger partial charge on any atom is 0.349 e. The molecule has 0 atom stereocenters. The first-order chi connectivity index (χ1) is 13.9. The molecule has 0 aromatic heterocycles. The Morgan fingerprint density at radius 1 is 0.897 bits per heavy atom. The molecule has 0 bridgehead atoms. The minimum absolute atomic E-state index is 0.0803. The van der Waals surface area contributed by atoms with Crippen molar-refractivity contribution in [2.24, 2.45) is 0 Å². The van der Waals surface area contributed by atoms with E-state index in [0.717, 1.165) is 10.0 Å². The van der Waals surface area contributed by atoms with Gasteiger partial charge in [0.1, 0.15) is 11.5 Å². The molecule has 3 aromatic carbocycles. The molecule has 3 rings (SSSR count). The van der Waals surface area contributed by atoms with Crippen LogP contribution in [0.1, 0.15) is 41.3 Å². The van der Waals surface area contributed by atoms with Crippen LogP contribution in [0.4, 0.5) is 0 Å². The number of rotatable bonds is 7. The molecule has 0 aliphatic carbocycles. The van der Waals surface area contributed by atoms with Gasteiger partial charge in [-0.05, 0) is 53.9 Å². The van der Waals surface area contributed by atoms with Gasteiger partial charge in [-0.2, -0.15) is 0 Å². The molecule has 148 valence electrons. The van der Waals surface area contributed by atoms with Gasteiger partial charge in [-0.3, -0.25) is 4.79 Å². The van der Waals surface area contributed by atoms with E-state index in [1.54, 1.807) is 36.4 Å². The number of carbonyl (C=O) groups excluding carboxylic acids is 2. The van der Waals surface area contributed by atoms with Crippen LogP contribution in [0.2, 0.25) is 0 Å². The van der Waals surface area contributed by atoms with Gasteiger partial charge in [0.15, 0.2) is 12.4 Å². The van der Waals surface area contributed by atoms with Gasteiger partial charge >= 0.3 is 5.97 Å². The van der Waals surface area contributed by atoms with E-state index >= 15 is 0 Å². The molecule has 0 amide bonds. The molecule has 3 aromatic rings. The predicted octanol–water partition coefficient (Wildman–Crippen LogP) is 5.79. The summed E-state index contributed by atoms with van der Waals surface area (Å²) in [6.45, 7) is 3.92. The minimum atomic E-state index is -0.509. The predicted molar refractivity (Wildman–Crippen MR) is 116 cm³/mol. The van der Waals surface area contributed by atoms with E-state index < -0.39 is 5.97 Å². The molecule has 29 heavy (non-hydrogen) atoms. The second kappa shape index (κ2) is 9.52. The topological polar surface area (TPSA) is 52.6 Å². The highest BCUT2D eigenvalue weighted by molar-refractivity contribution is 9.10. The first-order valence-corrected chi connectivity index (χ1v) is 10.1. The van der Waals surface area contributed by atoms with Gasteiger partial charge in [0, 0.05) is 15.6 Å². The molecule has 0 radical (unpaired) electrons. The molecular formula is C24H21BrO4. The molecule has 0 heterocycles. The minimum Gasteiger partial charge on any atom is -0.482 e. The van der Waals surface area contributed by atoms with Crippen molar-refractivity contribution in [1.29, 1.82) is 0 Å². The summed E-state index contributed by atoms with van der Waals surface area (Å²) >= 11 is 3.45. The van der Waals surface area contributed by atoms with Gasteiger partial charge in [0.25, 0.3) is 0 Å². The van der Waals surface area contributed by atoms with Crippen LogP contribution >= 0.6 is 15.9 Å². The number of benzene rings is 3. The maximum absolute atomic E-state index is 12.4. The van der Waals surface area contributed by atoms with E-state index in [9.17, 15) is 9.59 Å². The number of ether oxygens (including phenoxy) is 2. The smallest absolute Gasteiger partial charge is 0.349 e. The fourth-order valence-corrected chi connectivity index (χ4v) is 3.21. The lowest BCUT2D eigenvalue weighted by molar-refractivity contribution is -0.136.